The van der Waals surface area contributed by atoms with Crippen molar-refractivity contribution in [2.24, 2.45) is 5.41 Å². The molecule has 0 fully saturated rings. The average Bonchev–Trinajstić information content (AvgIpc) is 2.46. The molecule has 0 aliphatic heterocycles. The van der Waals surface area contributed by atoms with Gasteiger partial charge >= 0.3 is 0 Å². The van der Waals surface area contributed by atoms with Crippen LogP contribution in [0.2, 0.25) is 0 Å². The number of rotatable bonds is 5. The van der Waals surface area contributed by atoms with Crippen molar-refractivity contribution in [1.82, 2.24) is 9.88 Å². The van der Waals surface area contributed by atoms with Gasteiger partial charge in [-0.2, -0.15) is 0 Å². The van der Waals surface area contributed by atoms with Crippen LogP contribution in [0.15, 0.2) is 6.20 Å². The number of thiazole rings is 1. The summed E-state index contributed by atoms with van der Waals surface area (Å²) in [4.78, 5) is 6.36. The lowest BCUT2D eigenvalue weighted by molar-refractivity contribution is 0.254. The fourth-order valence-corrected chi connectivity index (χ4v) is 2.17. The highest BCUT2D eigenvalue weighted by molar-refractivity contribution is 7.19. The fourth-order valence-electron chi connectivity index (χ4n) is 1.60. The second-order valence-corrected chi connectivity index (χ2v) is 5.89. The van der Waals surface area contributed by atoms with Crippen LogP contribution in [0.3, 0.4) is 0 Å². The van der Waals surface area contributed by atoms with Crippen LogP contribution < -0.4 is 11.1 Å². The first-order valence-electron chi connectivity index (χ1n) is 4.99. The molecule has 0 aromatic carbocycles. The van der Waals surface area contributed by atoms with Crippen molar-refractivity contribution in [3.8, 4) is 0 Å². The Morgan fingerprint density at radius 2 is 2.20 bits per heavy atom. The highest BCUT2D eigenvalue weighted by Crippen LogP contribution is 2.22. The second-order valence-electron chi connectivity index (χ2n) is 4.82. The molecular formula is C10H20N4S. The van der Waals surface area contributed by atoms with Gasteiger partial charge in [-0.15, -0.1) is 0 Å². The van der Waals surface area contributed by atoms with E-state index in [1.54, 1.807) is 6.20 Å². The molecule has 0 amide bonds. The number of aromatic nitrogens is 1. The Bertz CT molecular complexity index is 306. The minimum absolute atomic E-state index is 0.226. The molecule has 4 nitrogen and oxygen atoms in total. The molecule has 3 N–H and O–H groups in total. The van der Waals surface area contributed by atoms with E-state index in [0.29, 0.717) is 0 Å². The minimum Gasteiger partial charge on any atom is -0.389 e. The number of nitrogen functional groups attached to an aromatic ring is 1. The predicted octanol–water partition coefficient (Wildman–Crippen LogP) is 1.72. The third-order valence-electron chi connectivity index (χ3n) is 1.99. The molecule has 0 radical (unpaired) electrons. The Balaban J connectivity index is 2.42. The lowest BCUT2D eigenvalue weighted by Gasteiger charge is -2.28. The SMILES string of the molecule is CN(C)CC(C)(C)CNc1ncc(N)s1. The van der Waals surface area contributed by atoms with Crippen LogP contribution in [0.1, 0.15) is 13.8 Å². The maximum Gasteiger partial charge on any atom is 0.184 e. The van der Waals surface area contributed by atoms with Crippen LogP contribution in [0, 0.1) is 5.41 Å². The number of anilines is 2. The monoisotopic (exact) mass is 228 g/mol. The van der Waals surface area contributed by atoms with E-state index < -0.39 is 0 Å². The third kappa shape index (κ3) is 4.48. The molecular weight excluding hydrogens is 208 g/mol. The number of nitrogens with two attached hydrogens (primary N) is 1. The van der Waals surface area contributed by atoms with Gasteiger partial charge in [-0.3, -0.25) is 0 Å². The summed E-state index contributed by atoms with van der Waals surface area (Å²) in [7, 11) is 4.17. The smallest absolute Gasteiger partial charge is 0.184 e. The molecule has 5 heteroatoms. The first kappa shape index (κ1) is 12.3. The summed E-state index contributed by atoms with van der Waals surface area (Å²) in [6, 6.07) is 0. The highest BCUT2D eigenvalue weighted by Gasteiger charge is 2.18. The number of nitrogens with one attached hydrogen (secondary N) is 1. The largest absolute Gasteiger partial charge is 0.389 e. The molecule has 15 heavy (non-hydrogen) atoms. The van der Waals surface area contributed by atoms with Crippen LogP contribution in [-0.2, 0) is 0 Å². The van der Waals surface area contributed by atoms with Crippen LogP contribution >= 0.6 is 11.3 Å². The molecule has 0 aliphatic rings. The average molecular weight is 228 g/mol. The Kier molecular flexibility index (Phi) is 3.93. The van der Waals surface area contributed by atoms with Crippen molar-refractivity contribution < 1.29 is 0 Å². The van der Waals surface area contributed by atoms with E-state index >= 15 is 0 Å². The van der Waals surface area contributed by atoms with E-state index in [2.05, 4.69) is 43.1 Å². The van der Waals surface area contributed by atoms with Crippen molar-refractivity contribution in [3.63, 3.8) is 0 Å². The Labute approximate surface area is 95.5 Å². The van der Waals surface area contributed by atoms with Gasteiger partial charge < -0.3 is 16.0 Å². The molecule has 86 valence electrons. The summed E-state index contributed by atoms with van der Waals surface area (Å²) in [6.07, 6.45) is 1.69. The Morgan fingerprint density at radius 1 is 1.53 bits per heavy atom. The summed E-state index contributed by atoms with van der Waals surface area (Å²) in [5.74, 6) is 0. The quantitative estimate of drug-likeness (QED) is 0.806. The van der Waals surface area contributed by atoms with Gasteiger partial charge in [0.05, 0.1) is 6.20 Å². The van der Waals surface area contributed by atoms with Gasteiger partial charge in [-0.1, -0.05) is 25.2 Å². The van der Waals surface area contributed by atoms with Crippen molar-refractivity contribution in [2.75, 3.05) is 38.2 Å². The molecule has 1 aromatic rings. The van der Waals surface area contributed by atoms with Gasteiger partial charge in [0.1, 0.15) is 5.00 Å². The van der Waals surface area contributed by atoms with Crippen molar-refractivity contribution in [2.45, 2.75) is 13.8 Å². The molecule has 0 saturated carbocycles. The van der Waals surface area contributed by atoms with Crippen molar-refractivity contribution in [3.05, 3.63) is 6.20 Å². The predicted molar refractivity (Wildman–Crippen MR) is 67.4 cm³/mol. The third-order valence-corrected chi connectivity index (χ3v) is 2.77. The van der Waals surface area contributed by atoms with Gasteiger partial charge in [0.25, 0.3) is 0 Å². The van der Waals surface area contributed by atoms with E-state index in [-0.39, 0.29) is 5.41 Å². The molecule has 1 heterocycles. The van der Waals surface area contributed by atoms with Gasteiger partial charge in [-0.05, 0) is 19.5 Å². The Morgan fingerprint density at radius 3 is 2.67 bits per heavy atom. The summed E-state index contributed by atoms with van der Waals surface area (Å²) in [6.45, 7) is 6.41. The van der Waals surface area contributed by atoms with Crippen molar-refractivity contribution >= 4 is 21.5 Å². The van der Waals surface area contributed by atoms with Crippen LogP contribution in [0.4, 0.5) is 10.1 Å². The molecule has 0 spiro atoms. The van der Waals surface area contributed by atoms with Gasteiger partial charge in [-0.25, -0.2) is 4.98 Å². The fraction of sp³-hybridized carbons (Fsp3) is 0.700. The number of nitrogens with zero attached hydrogens (tertiary/aromatic N) is 2. The number of hydrogen-bond acceptors (Lipinski definition) is 5. The first-order valence-corrected chi connectivity index (χ1v) is 5.81. The van der Waals surface area contributed by atoms with Gasteiger partial charge in [0.2, 0.25) is 0 Å². The maximum atomic E-state index is 5.61. The first-order chi connectivity index (χ1) is 6.89. The minimum atomic E-state index is 0.226. The van der Waals surface area contributed by atoms with E-state index in [1.165, 1.54) is 11.3 Å². The molecule has 0 aliphatic carbocycles. The van der Waals surface area contributed by atoms with E-state index in [1.807, 2.05) is 0 Å². The maximum absolute atomic E-state index is 5.61. The molecule has 0 saturated heterocycles. The summed E-state index contributed by atoms with van der Waals surface area (Å²) in [5.41, 5.74) is 5.83. The summed E-state index contributed by atoms with van der Waals surface area (Å²) >= 11 is 1.49. The zero-order valence-electron chi connectivity index (χ0n) is 9.87. The molecule has 0 unspecified atom stereocenters. The molecule has 0 atom stereocenters. The highest BCUT2D eigenvalue weighted by atomic mass is 32.1. The molecule has 1 rings (SSSR count). The molecule has 1 aromatic heterocycles. The lowest BCUT2D eigenvalue weighted by atomic mass is 9.93. The van der Waals surface area contributed by atoms with Gasteiger partial charge in [0.15, 0.2) is 5.13 Å². The van der Waals surface area contributed by atoms with Crippen LogP contribution in [0.5, 0.6) is 0 Å². The van der Waals surface area contributed by atoms with Crippen LogP contribution in [0.25, 0.3) is 0 Å². The van der Waals surface area contributed by atoms with Gasteiger partial charge in [0, 0.05) is 13.1 Å². The van der Waals surface area contributed by atoms with E-state index in [4.69, 9.17) is 5.73 Å². The van der Waals surface area contributed by atoms with E-state index in [9.17, 15) is 0 Å². The summed E-state index contributed by atoms with van der Waals surface area (Å²) < 4.78 is 0. The Hall–Kier alpha value is -0.810. The van der Waals surface area contributed by atoms with Crippen molar-refractivity contribution in [1.29, 1.82) is 0 Å². The zero-order chi connectivity index (χ0) is 11.5. The standard InChI is InChI=1S/C10H20N4S/c1-10(2,7-14(3)4)6-13-9-12-5-8(11)15-9/h5H,6-7,11H2,1-4H3,(H,12,13). The summed E-state index contributed by atoms with van der Waals surface area (Å²) in [5, 5.41) is 4.97. The zero-order valence-corrected chi connectivity index (χ0v) is 10.7. The lowest BCUT2D eigenvalue weighted by Crippen LogP contribution is -2.34. The second kappa shape index (κ2) is 4.81. The molecule has 0 bridgehead atoms. The van der Waals surface area contributed by atoms with Crippen LogP contribution in [-0.4, -0.2) is 37.1 Å². The normalized spacial score (nSPS) is 12.1. The number of hydrogen-bond donors (Lipinski definition) is 2. The van der Waals surface area contributed by atoms with E-state index in [0.717, 1.165) is 23.2 Å². The topological polar surface area (TPSA) is 54.2 Å².